The molecule has 21 heavy (non-hydrogen) atoms. The Morgan fingerprint density at radius 3 is 2.71 bits per heavy atom. The van der Waals surface area contributed by atoms with Crippen LogP contribution in [-0.4, -0.2) is 32.3 Å². The van der Waals surface area contributed by atoms with E-state index in [-0.39, 0.29) is 0 Å². The minimum atomic E-state index is 0.687. The first kappa shape index (κ1) is 14.4. The third-order valence-corrected chi connectivity index (χ3v) is 4.08. The molecule has 3 rings (SSSR count). The maximum Gasteiger partial charge on any atom is 0.119 e. The smallest absolute Gasteiger partial charge is 0.119 e. The highest BCUT2D eigenvalue weighted by atomic mass is 16.5. The molecule has 1 fully saturated rings. The fourth-order valence-corrected chi connectivity index (χ4v) is 2.85. The normalized spacial score (nSPS) is 16.2. The summed E-state index contributed by atoms with van der Waals surface area (Å²) < 4.78 is 5.85. The van der Waals surface area contributed by atoms with Crippen LogP contribution in [-0.2, 0) is 0 Å². The molecule has 1 aliphatic rings. The van der Waals surface area contributed by atoms with E-state index < -0.39 is 0 Å². The molecular weight excluding hydrogens is 260 g/mol. The molecule has 2 N–H and O–H groups in total. The Morgan fingerprint density at radius 1 is 1.05 bits per heavy atom. The van der Waals surface area contributed by atoms with Crippen molar-refractivity contribution in [2.45, 2.75) is 25.3 Å². The van der Waals surface area contributed by atoms with Crippen LogP contribution >= 0.6 is 0 Å². The second-order valence-corrected chi connectivity index (χ2v) is 5.69. The van der Waals surface area contributed by atoms with E-state index in [1.165, 1.54) is 23.6 Å². The molecule has 0 saturated carbocycles. The molecule has 0 bridgehead atoms. The topological polar surface area (TPSA) is 33.3 Å². The SMILES string of the molecule is c1ccc2cc(OCCCNC3CCNCC3)ccc2c1. The summed E-state index contributed by atoms with van der Waals surface area (Å²) >= 11 is 0. The van der Waals surface area contributed by atoms with Crippen molar-refractivity contribution in [3.63, 3.8) is 0 Å². The van der Waals surface area contributed by atoms with E-state index in [0.29, 0.717) is 6.04 Å². The largest absolute Gasteiger partial charge is 0.494 e. The van der Waals surface area contributed by atoms with Gasteiger partial charge in [0.15, 0.2) is 0 Å². The van der Waals surface area contributed by atoms with Gasteiger partial charge in [0, 0.05) is 6.04 Å². The number of fused-ring (bicyclic) bond motifs is 1. The number of hydrogen-bond donors (Lipinski definition) is 2. The minimum absolute atomic E-state index is 0.687. The highest BCUT2D eigenvalue weighted by Gasteiger charge is 2.11. The number of ether oxygens (including phenoxy) is 1. The van der Waals surface area contributed by atoms with Crippen LogP contribution < -0.4 is 15.4 Å². The summed E-state index contributed by atoms with van der Waals surface area (Å²) in [5, 5.41) is 9.51. The summed E-state index contributed by atoms with van der Waals surface area (Å²) in [7, 11) is 0. The highest BCUT2D eigenvalue weighted by Crippen LogP contribution is 2.20. The number of piperidine rings is 1. The van der Waals surface area contributed by atoms with E-state index in [1.807, 2.05) is 0 Å². The Balaban J connectivity index is 1.39. The summed E-state index contributed by atoms with van der Waals surface area (Å²) in [4.78, 5) is 0. The fraction of sp³-hybridized carbons (Fsp3) is 0.444. The lowest BCUT2D eigenvalue weighted by Crippen LogP contribution is -2.40. The van der Waals surface area contributed by atoms with Crippen LogP contribution in [0.1, 0.15) is 19.3 Å². The monoisotopic (exact) mass is 284 g/mol. The zero-order valence-corrected chi connectivity index (χ0v) is 12.5. The van der Waals surface area contributed by atoms with E-state index in [1.54, 1.807) is 0 Å². The molecule has 1 saturated heterocycles. The summed E-state index contributed by atoms with van der Waals surface area (Å²) in [5.41, 5.74) is 0. The standard InChI is InChI=1S/C18H24N2O/c1-2-5-16-14-18(7-6-15(16)4-1)21-13-3-10-20-17-8-11-19-12-9-17/h1-2,4-7,14,17,19-20H,3,8-13H2. The molecule has 0 radical (unpaired) electrons. The summed E-state index contributed by atoms with van der Waals surface area (Å²) in [6, 6.07) is 15.4. The summed E-state index contributed by atoms with van der Waals surface area (Å²) in [6.07, 6.45) is 3.54. The Kier molecular flexibility index (Phi) is 5.08. The van der Waals surface area contributed by atoms with E-state index in [9.17, 15) is 0 Å². The van der Waals surface area contributed by atoms with Gasteiger partial charge in [0.25, 0.3) is 0 Å². The average molecular weight is 284 g/mol. The quantitative estimate of drug-likeness (QED) is 0.800. The molecular formula is C18H24N2O. The summed E-state index contributed by atoms with van der Waals surface area (Å²) in [6.45, 7) is 4.10. The second kappa shape index (κ2) is 7.43. The number of rotatable bonds is 6. The van der Waals surface area contributed by atoms with Crippen molar-refractivity contribution in [1.82, 2.24) is 10.6 Å². The third-order valence-electron chi connectivity index (χ3n) is 4.08. The van der Waals surface area contributed by atoms with Gasteiger partial charge in [-0.2, -0.15) is 0 Å². The van der Waals surface area contributed by atoms with E-state index in [0.717, 1.165) is 38.4 Å². The van der Waals surface area contributed by atoms with Crippen LogP contribution in [0.15, 0.2) is 42.5 Å². The van der Waals surface area contributed by atoms with Crippen LogP contribution in [0.4, 0.5) is 0 Å². The molecule has 2 aromatic carbocycles. The van der Waals surface area contributed by atoms with Gasteiger partial charge in [-0.3, -0.25) is 0 Å². The lowest BCUT2D eigenvalue weighted by atomic mass is 10.1. The van der Waals surface area contributed by atoms with Crippen LogP contribution in [0.5, 0.6) is 5.75 Å². The van der Waals surface area contributed by atoms with Crippen molar-refractivity contribution in [3.8, 4) is 5.75 Å². The third kappa shape index (κ3) is 4.19. The van der Waals surface area contributed by atoms with E-state index >= 15 is 0 Å². The van der Waals surface area contributed by atoms with Crippen molar-refractivity contribution >= 4 is 10.8 Å². The fourth-order valence-electron chi connectivity index (χ4n) is 2.85. The number of nitrogens with one attached hydrogen (secondary N) is 2. The molecule has 1 aliphatic heterocycles. The van der Waals surface area contributed by atoms with Gasteiger partial charge in [-0.1, -0.05) is 30.3 Å². The Labute approximate surface area is 126 Å². The zero-order valence-electron chi connectivity index (χ0n) is 12.5. The van der Waals surface area contributed by atoms with Crippen LogP contribution in [0, 0.1) is 0 Å². The van der Waals surface area contributed by atoms with E-state index in [2.05, 4.69) is 53.1 Å². The maximum absolute atomic E-state index is 5.85. The molecule has 3 nitrogen and oxygen atoms in total. The Hall–Kier alpha value is -1.58. The van der Waals surface area contributed by atoms with Crippen molar-refractivity contribution < 1.29 is 4.74 Å². The van der Waals surface area contributed by atoms with Crippen LogP contribution in [0.2, 0.25) is 0 Å². The van der Waals surface area contributed by atoms with Crippen LogP contribution in [0.3, 0.4) is 0 Å². The predicted molar refractivity (Wildman–Crippen MR) is 88.0 cm³/mol. The Bertz CT molecular complexity index is 564. The minimum Gasteiger partial charge on any atom is -0.494 e. The van der Waals surface area contributed by atoms with Gasteiger partial charge >= 0.3 is 0 Å². The predicted octanol–water partition coefficient (Wildman–Crippen LogP) is 2.95. The lowest BCUT2D eigenvalue weighted by molar-refractivity contribution is 0.299. The highest BCUT2D eigenvalue weighted by molar-refractivity contribution is 5.83. The lowest BCUT2D eigenvalue weighted by Gasteiger charge is -2.23. The van der Waals surface area contributed by atoms with E-state index in [4.69, 9.17) is 4.74 Å². The van der Waals surface area contributed by atoms with Crippen molar-refractivity contribution in [2.75, 3.05) is 26.2 Å². The van der Waals surface area contributed by atoms with Crippen molar-refractivity contribution in [1.29, 1.82) is 0 Å². The first-order valence-corrected chi connectivity index (χ1v) is 7.97. The molecule has 112 valence electrons. The molecule has 0 atom stereocenters. The molecule has 0 spiro atoms. The van der Waals surface area contributed by atoms with Gasteiger partial charge < -0.3 is 15.4 Å². The zero-order chi connectivity index (χ0) is 14.3. The van der Waals surface area contributed by atoms with Gasteiger partial charge in [-0.25, -0.2) is 0 Å². The van der Waals surface area contributed by atoms with Gasteiger partial charge in [-0.05, 0) is 61.8 Å². The number of benzene rings is 2. The van der Waals surface area contributed by atoms with Gasteiger partial charge in [0.2, 0.25) is 0 Å². The molecule has 0 aliphatic carbocycles. The molecule has 0 aromatic heterocycles. The average Bonchev–Trinajstić information content (AvgIpc) is 2.55. The van der Waals surface area contributed by atoms with Crippen molar-refractivity contribution in [2.24, 2.45) is 0 Å². The molecule has 0 unspecified atom stereocenters. The molecule has 3 heteroatoms. The molecule has 2 aromatic rings. The Morgan fingerprint density at radius 2 is 1.86 bits per heavy atom. The summed E-state index contributed by atoms with van der Waals surface area (Å²) in [5.74, 6) is 0.968. The van der Waals surface area contributed by atoms with Gasteiger partial charge in [0.05, 0.1) is 6.61 Å². The maximum atomic E-state index is 5.85. The van der Waals surface area contributed by atoms with Crippen LogP contribution in [0.25, 0.3) is 10.8 Å². The number of hydrogen-bond acceptors (Lipinski definition) is 3. The van der Waals surface area contributed by atoms with Crippen molar-refractivity contribution in [3.05, 3.63) is 42.5 Å². The molecule has 1 heterocycles. The van der Waals surface area contributed by atoms with Gasteiger partial charge in [-0.15, -0.1) is 0 Å². The first-order chi connectivity index (χ1) is 10.4. The molecule has 0 amide bonds. The van der Waals surface area contributed by atoms with Gasteiger partial charge in [0.1, 0.15) is 5.75 Å². The second-order valence-electron chi connectivity index (χ2n) is 5.69. The first-order valence-electron chi connectivity index (χ1n) is 7.97.